The molecule has 0 amide bonds. The Balaban J connectivity index is 0.000000149. The maximum atomic E-state index is 13.0. The van der Waals surface area contributed by atoms with E-state index < -0.39 is 29.5 Å². The molecular weight excluding hydrogens is 1760 g/mol. The third-order valence-corrected chi connectivity index (χ3v) is 31.2. The predicted molar refractivity (Wildman–Crippen MR) is 511 cm³/mol. The minimum Gasteiger partial charge on any atom is -0.488 e. The minimum atomic E-state index is -3.62. The Bertz CT molecular complexity index is 5260. The molecule has 8 aliphatic rings. The van der Waals surface area contributed by atoms with Crippen molar-refractivity contribution in [3.8, 4) is 17.2 Å². The third-order valence-electron chi connectivity index (χ3n) is 24.4. The van der Waals surface area contributed by atoms with Crippen molar-refractivity contribution < 1.29 is 39.5 Å². The van der Waals surface area contributed by atoms with E-state index in [2.05, 4.69) is 164 Å². The summed E-state index contributed by atoms with van der Waals surface area (Å²) in [5.41, 5.74) is 11.0. The maximum absolute atomic E-state index is 13.0. The van der Waals surface area contributed by atoms with Crippen molar-refractivity contribution in [3.05, 3.63) is 122 Å². The van der Waals surface area contributed by atoms with Gasteiger partial charge in [-0.2, -0.15) is 30.2 Å². The fourth-order valence-corrected chi connectivity index (χ4v) is 23.3. The number of anilines is 12. The quantitative estimate of drug-likeness (QED) is 0.0176. The van der Waals surface area contributed by atoms with Crippen molar-refractivity contribution >= 4 is 134 Å². The number of aryl methyl sites for hydroxylation is 6. The summed E-state index contributed by atoms with van der Waals surface area (Å²) in [4.78, 5) is 27.1. The van der Waals surface area contributed by atoms with Gasteiger partial charge in [0.1, 0.15) is 32.3 Å². The highest BCUT2D eigenvalue weighted by atomic mass is 35.5. The van der Waals surface area contributed by atoms with E-state index in [1.165, 1.54) is 156 Å². The lowest BCUT2D eigenvalue weighted by molar-refractivity contribution is 0.302. The molecular formula is C93H128Cl3N21O9S3. The summed E-state index contributed by atoms with van der Waals surface area (Å²) in [5.74, 6) is 5.59. The van der Waals surface area contributed by atoms with Crippen molar-refractivity contribution in [1.82, 2.24) is 75.2 Å². The van der Waals surface area contributed by atoms with Crippen molar-refractivity contribution in [3.63, 3.8) is 0 Å². The molecule has 17 rings (SSSR count). The van der Waals surface area contributed by atoms with Crippen molar-refractivity contribution in [2.45, 2.75) is 305 Å². The average molecular weight is 1890 g/mol. The summed E-state index contributed by atoms with van der Waals surface area (Å²) in [6.45, 7) is 22.1. The van der Waals surface area contributed by atoms with E-state index in [1.807, 2.05) is 41.5 Å². The second kappa shape index (κ2) is 40.8. The highest BCUT2D eigenvalue weighted by Crippen LogP contribution is 2.47. The van der Waals surface area contributed by atoms with Crippen LogP contribution >= 0.6 is 34.8 Å². The van der Waals surface area contributed by atoms with E-state index in [0.29, 0.717) is 76.8 Å². The molecule has 3 aromatic carbocycles. The van der Waals surface area contributed by atoms with E-state index in [9.17, 15) is 25.3 Å². The van der Waals surface area contributed by atoms with Crippen LogP contribution in [0.5, 0.6) is 17.2 Å². The first-order chi connectivity index (χ1) is 61.4. The van der Waals surface area contributed by atoms with Crippen molar-refractivity contribution in [1.29, 1.82) is 0 Å². The number of ether oxygens (including phenoxy) is 3. The van der Waals surface area contributed by atoms with Crippen LogP contribution in [0, 0.1) is 38.5 Å². The summed E-state index contributed by atoms with van der Waals surface area (Å²) in [6, 6.07) is 16.9. The van der Waals surface area contributed by atoms with Crippen LogP contribution in [0.15, 0.2) is 88.7 Å². The van der Waals surface area contributed by atoms with Gasteiger partial charge in [0.05, 0.1) is 88.3 Å². The molecule has 9 N–H and O–H groups in total. The monoisotopic (exact) mass is 1880 g/mol. The normalized spacial score (nSPS) is 20.3. The molecule has 0 unspecified atom stereocenters. The fourth-order valence-electron chi connectivity index (χ4n) is 17.7. The van der Waals surface area contributed by atoms with Gasteiger partial charge < -0.3 is 62.1 Å². The van der Waals surface area contributed by atoms with Gasteiger partial charge in [-0.05, 0) is 267 Å². The molecule has 0 aliphatic heterocycles. The first-order valence-corrected chi connectivity index (χ1v) is 52.2. The first-order valence-electron chi connectivity index (χ1n) is 46.2. The van der Waals surface area contributed by atoms with Gasteiger partial charge in [-0.1, -0.05) is 90.2 Å². The highest BCUT2D eigenvalue weighted by molar-refractivity contribution is 7.92. The van der Waals surface area contributed by atoms with Crippen LogP contribution in [-0.4, -0.2) is 156 Å². The van der Waals surface area contributed by atoms with Crippen LogP contribution in [0.3, 0.4) is 0 Å². The van der Waals surface area contributed by atoms with E-state index in [-0.39, 0.29) is 101 Å². The fraction of sp³-hybridized carbons (Fsp3) is 0.581. The van der Waals surface area contributed by atoms with Crippen LogP contribution in [0.25, 0.3) is 0 Å². The van der Waals surface area contributed by atoms with Crippen molar-refractivity contribution in [2.24, 2.45) is 38.9 Å². The molecule has 698 valence electrons. The van der Waals surface area contributed by atoms with Crippen LogP contribution in [-0.2, 0) is 50.7 Å². The first kappa shape index (κ1) is 95.0. The van der Waals surface area contributed by atoms with E-state index >= 15 is 0 Å². The SMILES string of the molecule is Cc1cc(Nc2ncc(Cl)c(Nc3cn(C)nc3S(=O)(=O)CC(C)C)n2)c(OC2CC2)cc1C1CCC(NC(C)C)CC1.Cc1cc(Nc2ncc(Cl)c(Nc3cn(C)nc3S(=O)(=O)CC(C)C)n2)c(OC2CC2)cc1C1CCC(NC2CC2)CC1.Cc1cc(Nc2ncc(Cl)c(Nc3cn(C)nc3S(=O)(=O)CC(C)C)n2)c(OC2CC2)cc1C1CCC(NC2CC2)CC1. The van der Waals surface area contributed by atoms with E-state index in [0.717, 1.165) is 97.8 Å². The Morgan fingerprint density at radius 2 is 0.612 bits per heavy atom. The summed E-state index contributed by atoms with van der Waals surface area (Å²) >= 11 is 19.4. The lowest BCUT2D eigenvalue weighted by Crippen LogP contribution is -2.37. The van der Waals surface area contributed by atoms with Gasteiger partial charge >= 0.3 is 0 Å². The Hall–Kier alpha value is -8.67. The standard InChI is InChI=1S/2C31H42ClN7O3S.C31H44ClN7O3S/c2*1-18(2)17-43(40,41)30-27(16-39(4)38-30)35-29-25(32)15-33-31(37-29)36-26-13-19(3)24(14-28(26)42-23-11-12-23)20-5-7-21(8-6-20)34-22-9-10-22;1-18(2)17-43(40,41)30-27(16-39(6)38-30)35-29-25(32)15-33-31(37-29)36-26-13-20(5)24(14-28(26)42-23-11-12-23)21-7-9-22(10-8-21)34-19(3)4/h2*13-16,18,20-23,34H,5-12,17H2,1-4H3,(H2,33,35,36,37);13-16,18-19,21-23,34H,7-12,17H2,1-6H3,(H2,33,35,36,37). The van der Waals surface area contributed by atoms with Crippen LogP contribution in [0.2, 0.25) is 15.1 Å². The molecule has 129 heavy (non-hydrogen) atoms. The molecule has 0 atom stereocenters. The second-order valence-corrected chi connectivity index (χ2v) is 45.5. The molecule has 30 nitrogen and oxygen atoms in total. The zero-order valence-corrected chi connectivity index (χ0v) is 81.4. The number of sulfone groups is 3. The molecule has 36 heteroatoms. The summed E-state index contributed by atoms with van der Waals surface area (Å²) in [5, 5.41) is 43.9. The Morgan fingerprint density at radius 1 is 0.357 bits per heavy atom. The number of benzene rings is 3. The topological polar surface area (TPSA) is 369 Å². The zero-order chi connectivity index (χ0) is 91.5. The lowest BCUT2D eigenvalue weighted by atomic mass is 9.80. The number of hydrogen-bond acceptors (Lipinski definition) is 27. The molecule has 0 bridgehead atoms. The molecule has 0 spiro atoms. The minimum absolute atomic E-state index is 0.0130. The summed E-state index contributed by atoms with van der Waals surface area (Å²) < 4.78 is 102. The molecule has 8 aliphatic carbocycles. The van der Waals surface area contributed by atoms with Crippen LogP contribution in [0.1, 0.15) is 248 Å². The maximum Gasteiger partial charge on any atom is 0.229 e. The van der Waals surface area contributed by atoms with Crippen molar-refractivity contribution in [2.75, 3.05) is 49.2 Å². The van der Waals surface area contributed by atoms with Gasteiger partial charge in [0.25, 0.3) is 0 Å². The van der Waals surface area contributed by atoms with Gasteiger partial charge in [-0.25, -0.2) is 40.2 Å². The molecule has 6 aromatic heterocycles. The molecule has 6 heterocycles. The summed E-state index contributed by atoms with van der Waals surface area (Å²) in [7, 11) is -5.81. The number of nitrogens with one attached hydrogen (secondary N) is 9. The van der Waals surface area contributed by atoms with Gasteiger partial charge in [0.15, 0.2) is 47.0 Å². The van der Waals surface area contributed by atoms with Crippen LogP contribution < -0.4 is 62.1 Å². The Morgan fingerprint density at radius 3 is 0.853 bits per heavy atom. The number of rotatable bonds is 36. The van der Waals surface area contributed by atoms with Gasteiger partial charge in [0, 0.05) is 76.0 Å². The van der Waals surface area contributed by atoms with Gasteiger partial charge in [0.2, 0.25) is 32.9 Å². The number of nitrogens with zero attached hydrogens (tertiary/aromatic N) is 12. The van der Waals surface area contributed by atoms with E-state index in [1.54, 1.807) is 39.7 Å². The predicted octanol–water partition coefficient (Wildman–Crippen LogP) is 19.5. The third kappa shape index (κ3) is 25.8. The lowest BCUT2D eigenvalue weighted by Gasteiger charge is -2.32. The van der Waals surface area contributed by atoms with Crippen LogP contribution in [0.4, 0.5) is 69.4 Å². The second-order valence-electron chi connectivity index (χ2n) is 38.4. The number of hydrogen-bond donors (Lipinski definition) is 9. The molecule has 0 saturated heterocycles. The zero-order valence-electron chi connectivity index (χ0n) is 76.7. The molecule has 9 aromatic rings. The smallest absolute Gasteiger partial charge is 0.229 e. The number of halogens is 3. The van der Waals surface area contributed by atoms with E-state index in [4.69, 9.17) is 49.0 Å². The average Bonchev–Trinajstić information content (AvgIpc) is 1.77. The highest BCUT2D eigenvalue weighted by Gasteiger charge is 2.37. The van der Waals surface area contributed by atoms with Gasteiger partial charge in [-0.15, -0.1) is 0 Å². The van der Waals surface area contributed by atoms with Gasteiger partial charge in [-0.3, -0.25) is 14.0 Å². The number of aromatic nitrogens is 12. The Labute approximate surface area is 775 Å². The molecule has 8 fully saturated rings. The summed E-state index contributed by atoms with van der Waals surface area (Å²) in [6.07, 6.45) is 35.8. The molecule has 0 radical (unpaired) electrons. The Kier molecular flexibility index (Phi) is 30.0. The molecule has 8 saturated carbocycles. The largest absolute Gasteiger partial charge is 0.488 e.